The highest BCUT2D eigenvalue weighted by Gasteiger charge is 2.38. The molecule has 2 amide bonds. The number of nitroso groups, excluding NO2 is 1. The molecular formula is C23H28ClN3O3S. The van der Waals surface area contributed by atoms with Crippen molar-refractivity contribution in [2.24, 2.45) is 5.29 Å². The minimum absolute atomic E-state index is 0.0189. The number of halogens is 1. The maximum atomic E-state index is 13.3. The molecule has 0 aliphatic heterocycles. The van der Waals surface area contributed by atoms with Gasteiger partial charge in [0.15, 0.2) is 0 Å². The molecule has 0 bridgehead atoms. The molecule has 166 valence electrons. The van der Waals surface area contributed by atoms with Gasteiger partial charge in [0, 0.05) is 28.5 Å². The molecular weight excluding hydrogens is 434 g/mol. The molecule has 3 unspecified atom stereocenters. The number of rotatable bonds is 9. The molecule has 1 fully saturated rings. The number of alkyl halides is 1. The minimum Gasteiger partial charge on any atom is -0.334 e. The first kappa shape index (κ1) is 23.4. The van der Waals surface area contributed by atoms with Crippen LogP contribution in [0.1, 0.15) is 54.5 Å². The third-order valence-electron chi connectivity index (χ3n) is 5.61. The van der Waals surface area contributed by atoms with E-state index < -0.39 is 28.1 Å². The lowest BCUT2D eigenvalue weighted by atomic mass is 9.95. The Balaban J connectivity index is 2.01. The Hall–Kier alpha value is -2.25. The van der Waals surface area contributed by atoms with Crippen LogP contribution in [0.25, 0.3) is 0 Å². The van der Waals surface area contributed by atoms with Crippen LogP contribution in [0.4, 0.5) is 4.79 Å². The van der Waals surface area contributed by atoms with Crippen LogP contribution >= 0.6 is 11.6 Å². The van der Waals surface area contributed by atoms with Crippen molar-refractivity contribution in [2.75, 3.05) is 11.6 Å². The predicted octanol–water partition coefficient (Wildman–Crippen LogP) is 5.48. The van der Waals surface area contributed by atoms with E-state index in [1.165, 1.54) is 0 Å². The van der Waals surface area contributed by atoms with Gasteiger partial charge in [-0.05, 0) is 24.0 Å². The summed E-state index contributed by atoms with van der Waals surface area (Å²) in [5, 5.41) is 6.36. The first-order chi connectivity index (χ1) is 15.2. The van der Waals surface area contributed by atoms with Gasteiger partial charge in [-0.3, -0.25) is 4.21 Å². The minimum atomic E-state index is -1.44. The highest BCUT2D eigenvalue weighted by atomic mass is 35.5. The highest BCUT2D eigenvalue weighted by molar-refractivity contribution is 7.85. The third-order valence-corrected chi connectivity index (χ3v) is 7.73. The summed E-state index contributed by atoms with van der Waals surface area (Å²) in [6, 6.07) is 17.1. The van der Waals surface area contributed by atoms with Crippen LogP contribution in [0.2, 0.25) is 0 Å². The molecule has 0 saturated heterocycles. The topological polar surface area (TPSA) is 78.8 Å². The molecule has 0 spiro atoms. The molecule has 8 heteroatoms. The van der Waals surface area contributed by atoms with Crippen molar-refractivity contribution in [2.45, 2.75) is 49.4 Å². The van der Waals surface area contributed by atoms with Gasteiger partial charge in [0.25, 0.3) is 0 Å². The molecule has 0 heterocycles. The standard InChI is InChI=1S/C23H28ClN3O3S/c24-16-17-31(30)22(19-12-6-2-7-13-19)21(18-10-4-1-5-11-18)27(26-29)23(28)25-20-14-8-3-9-15-20/h1-2,4-7,10-13,20-22H,3,8-9,14-17H2,(H,25,28). The van der Waals surface area contributed by atoms with Crippen molar-refractivity contribution >= 4 is 28.4 Å². The van der Waals surface area contributed by atoms with Gasteiger partial charge in [-0.1, -0.05) is 79.9 Å². The van der Waals surface area contributed by atoms with Crippen LogP contribution in [-0.4, -0.2) is 32.9 Å². The predicted molar refractivity (Wildman–Crippen MR) is 125 cm³/mol. The molecule has 0 radical (unpaired) electrons. The van der Waals surface area contributed by atoms with E-state index in [2.05, 4.69) is 10.6 Å². The van der Waals surface area contributed by atoms with Crippen LogP contribution in [0, 0.1) is 4.91 Å². The molecule has 6 nitrogen and oxygen atoms in total. The maximum Gasteiger partial charge on any atom is 0.341 e. The maximum absolute atomic E-state index is 13.3. The number of urea groups is 1. The summed E-state index contributed by atoms with van der Waals surface area (Å²) in [7, 11) is -1.44. The van der Waals surface area contributed by atoms with Crippen LogP contribution in [0.3, 0.4) is 0 Å². The zero-order valence-electron chi connectivity index (χ0n) is 17.4. The molecule has 2 aromatic carbocycles. The summed E-state index contributed by atoms with van der Waals surface area (Å²) >= 11 is 5.91. The monoisotopic (exact) mass is 461 g/mol. The van der Waals surface area contributed by atoms with Gasteiger partial charge in [-0.25, -0.2) is 4.79 Å². The van der Waals surface area contributed by atoms with Crippen LogP contribution in [0.15, 0.2) is 65.9 Å². The second-order valence-corrected chi connectivity index (χ2v) is 9.73. The quantitative estimate of drug-likeness (QED) is 0.305. The average molecular weight is 462 g/mol. The van der Waals surface area contributed by atoms with Crippen molar-refractivity contribution in [3.63, 3.8) is 0 Å². The van der Waals surface area contributed by atoms with E-state index in [4.69, 9.17) is 11.6 Å². The van der Waals surface area contributed by atoms with Gasteiger partial charge in [0.1, 0.15) is 6.04 Å². The Kier molecular flexibility index (Phi) is 9.03. The first-order valence-electron chi connectivity index (χ1n) is 10.6. The Morgan fingerprint density at radius 2 is 1.61 bits per heavy atom. The van der Waals surface area contributed by atoms with Gasteiger partial charge in [-0.2, -0.15) is 5.01 Å². The lowest BCUT2D eigenvalue weighted by Gasteiger charge is -2.33. The average Bonchev–Trinajstić information content (AvgIpc) is 2.81. The summed E-state index contributed by atoms with van der Waals surface area (Å²) in [5.41, 5.74) is 1.46. The van der Waals surface area contributed by atoms with Gasteiger partial charge >= 0.3 is 6.03 Å². The van der Waals surface area contributed by atoms with Crippen LogP contribution in [0.5, 0.6) is 0 Å². The zero-order valence-corrected chi connectivity index (χ0v) is 18.9. The molecule has 0 aromatic heterocycles. The Bertz CT molecular complexity index is 863. The number of amides is 2. The number of benzene rings is 2. The molecule has 1 aliphatic rings. The smallest absolute Gasteiger partial charge is 0.334 e. The number of carbonyl (C=O) groups is 1. The molecule has 1 aliphatic carbocycles. The van der Waals surface area contributed by atoms with Gasteiger partial charge in [-0.15, -0.1) is 16.5 Å². The van der Waals surface area contributed by atoms with E-state index >= 15 is 0 Å². The molecule has 1 saturated carbocycles. The summed E-state index contributed by atoms with van der Waals surface area (Å²) in [6.45, 7) is 0. The third kappa shape index (κ3) is 6.14. The SMILES string of the molecule is O=NN(C(=O)NC1CCCCC1)C(c1ccccc1)C(c1ccccc1)S(=O)CCCl. The normalized spacial score (nSPS) is 17.3. The van der Waals surface area contributed by atoms with E-state index in [-0.39, 0.29) is 17.7 Å². The van der Waals surface area contributed by atoms with Crippen molar-refractivity contribution in [1.82, 2.24) is 10.3 Å². The largest absolute Gasteiger partial charge is 0.341 e. The van der Waals surface area contributed by atoms with Crippen LogP contribution < -0.4 is 5.32 Å². The highest BCUT2D eigenvalue weighted by Crippen LogP contribution is 2.39. The van der Waals surface area contributed by atoms with Crippen molar-refractivity contribution in [3.05, 3.63) is 76.7 Å². The fraction of sp³-hybridized carbons (Fsp3) is 0.435. The molecule has 1 N–H and O–H groups in total. The summed E-state index contributed by atoms with van der Waals surface area (Å²) < 4.78 is 13.3. The number of nitrogens with one attached hydrogen (secondary N) is 1. The van der Waals surface area contributed by atoms with Gasteiger partial charge in [0.2, 0.25) is 0 Å². The number of carbonyl (C=O) groups excluding carboxylic acids is 1. The molecule has 31 heavy (non-hydrogen) atoms. The van der Waals surface area contributed by atoms with E-state index in [1.54, 1.807) is 0 Å². The van der Waals surface area contributed by atoms with E-state index in [9.17, 15) is 13.9 Å². The molecule has 3 rings (SSSR count). The fourth-order valence-electron chi connectivity index (χ4n) is 4.12. The van der Waals surface area contributed by atoms with E-state index in [0.29, 0.717) is 5.56 Å². The molecule has 2 aromatic rings. The van der Waals surface area contributed by atoms with E-state index in [1.807, 2.05) is 60.7 Å². The fourth-order valence-corrected chi connectivity index (χ4v) is 6.00. The van der Waals surface area contributed by atoms with Crippen molar-refractivity contribution in [1.29, 1.82) is 0 Å². The zero-order chi connectivity index (χ0) is 22.1. The summed E-state index contributed by atoms with van der Waals surface area (Å²) in [5.74, 6) is 0.446. The second kappa shape index (κ2) is 12.0. The number of nitrogens with zero attached hydrogens (tertiary/aromatic N) is 2. The summed E-state index contributed by atoms with van der Waals surface area (Å²) in [4.78, 5) is 25.2. The second-order valence-electron chi connectivity index (χ2n) is 7.67. The van der Waals surface area contributed by atoms with Crippen LogP contribution in [-0.2, 0) is 10.8 Å². The Labute approximate surface area is 190 Å². The summed E-state index contributed by atoms with van der Waals surface area (Å²) in [6.07, 6.45) is 5.02. The Morgan fingerprint density at radius 1 is 1.03 bits per heavy atom. The first-order valence-corrected chi connectivity index (χ1v) is 12.5. The van der Waals surface area contributed by atoms with Crippen molar-refractivity contribution in [3.8, 4) is 0 Å². The lowest BCUT2D eigenvalue weighted by molar-refractivity contribution is 0.167. The van der Waals surface area contributed by atoms with Gasteiger partial charge in [0.05, 0.1) is 10.5 Å². The van der Waals surface area contributed by atoms with Gasteiger partial charge < -0.3 is 5.32 Å². The van der Waals surface area contributed by atoms with Crippen molar-refractivity contribution < 1.29 is 9.00 Å². The van der Waals surface area contributed by atoms with E-state index in [0.717, 1.165) is 42.7 Å². The molecule has 3 atom stereocenters. The Morgan fingerprint density at radius 3 is 2.16 bits per heavy atom. The number of hydrogen-bond donors (Lipinski definition) is 1. The lowest BCUT2D eigenvalue weighted by Crippen LogP contribution is -2.46. The number of hydrogen-bond acceptors (Lipinski definition) is 4.